The molecule has 0 aliphatic heterocycles. The Kier molecular flexibility index (Phi) is 7.16. The summed E-state index contributed by atoms with van der Waals surface area (Å²) in [5.41, 5.74) is 0.846. The fourth-order valence-electron chi connectivity index (χ4n) is 2.82. The first kappa shape index (κ1) is 17.7. The number of ketones is 1. The number of halogens is 2. The molecule has 1 aromatic carbocycles. The van der Waals surface area contributed by atoms with Gasteiger partial charge in [0.2, 0.25) is 0 Å². The molecule has 2 rings (SSSR count). The molecule has 1 N–H and O–H groups in total. The molecule has 1 saturated carbocycles. The highest BCUT2D eigenvalue weighted by atomic mass is 35.5. The molecule has 1 aliphatic carbocycles. The van der Waals surface area contributed by atoms with E-state index in [-0.39, 0.29) is 11.9 Å². The molecule has 2 atom stereocenters. The molecule has 0 spiro atoms. The van der Waals surface area contributed by atoms with Crippen molar-refractivity contribution in [3.05, 3.63) is 33.8 Å². The molecule has 3 nitrogen and oxygen atoms in total. The lowest BCUT2D eigenvalue weighted by Gasteiger charge is -2.32. The number of rotatable bonds is 7. The van der Waals surface area contributed by atoms with E-state index < -0.39 is 0 Å². The summed E-state index contributed by atoms with van der Waals surface area (Å²) in [5.74, 6) is 0.212. The lowest BCUT2D eigenvalue weighted by Crippen LogP contribution is -2.44. The Morgan fingerprint density at radius 1 is 1.27 bits per heavy atom. The summed E-state index contributed by atoms with van der Waals surface area (Å²) < 4.78 is 6.08. The molecule has 0 heterocycles. The summed E-state index contributed by atoms with van der Waals surface area (Å²) in [6, 6.07) is 5.79. The number of hydrogen-bond acceptors (Lipinski definition) is 3. The number of benzene rings is 1. The van der Waals surface area contributed by atoms with Crippen molar-refractivity contribution in [2.45, 2.75) is 57.8 Å². The van der Waals surface area contributed by atoms with Crippen molar-refractivity contribution < 1.29 is 9.53 Å². The van der Waals surface area contributed by atoms with E-state index in [1.165, 1.54) is 12.8 Å². The van der Waals surface area contributed by atoms with Gasteiger partial charge in [0.25, 0.3) is 0 Å². The molecule has 0 aromatic heterocycles. The van der Waals surface area contributed by atoms with Crippen LogP contribution in [0.1, 0.15) is 44.6 Å². The van der Waals surface area contributed by atoms with Crippen LogP contribution in [0.15, 0.2) is 18.2 Å². The van der Waals surface area contributed by atoms with Crippen LogP contribution in [0.5, 0.6) is 0 Å². The van der Waals surface area contributed by atoms with Crippen molar-refractivity contribution in [3.63, 3.8) is 0 Å². The maximum Gasteiger partial charge on any atom is 0.131 e. The molecule has 1 aliphatic rings. The Labute approximate surface area is 142 Å². The number of carbonyl (C=O) groups is 1. The first-order chi connectivity index (χ1) is 10.6. The third kappa shape index (κ3) is 5.24. The standard InChI is InChI=1S/C17H23Cl2NO2/c1-12(21)9-10-20-16-7-2-3-8-17(16)22-11-13-14(18)5-4-6-15(13)19/h4-6,16-17,20H,2-3,7-11H2,1H3/t16-,17?/m1/s1. The molecular formula is C17H23Cl2NO2. The van der Waals surface area contributed by atoms with E-state index in [0.29, 0.717) is 35.7 Å². The number of nitrogens with one attached hydrogen (secondary N) is 1. The van der Waals surface area contributed by atoms with Crippen LogP contribution in [0.4, 0.5) is 0 Å². The Morgan fingerprint density at radius 2 is 1.95 bits per heavy atom. The summed E-state index contributed by atoms with van der Waals surface area (Å²) in [6.45, 7) is 2.76. The maximum absolute atomic E-state index is 11.1. The molecule has 122 valence electrons. The minimum Gasteiger partial charge on any atom is -0.372 e. The molecule has 1 aromatic rings. The van der Waals surface area contributed by atoms with Gasteiger partial charge in [-0.15, -0.1) is 0 Å². The fraction of sp³-hybridized carbons (Fsp3) is 0.588. The topological polar surface area (TPSA) is 38.3 Å². The van der Waals surface area contributed by atoms with Crippen molar-refractivity contribution in [2.24, 2.45) is 0 Å². The highest BCUT2D eigenvalue weighted by Gasteiger charge is 2.25. The number of Topliss-reactive ketones (excluding diaryl/α,β-unsaturated/α-hetero) is 1. The summed E-state index contributed by atoms with van der Waals surface area (Å²) in [4.78, 5) is 11.1. The van der Waals surface area contributed by atoms with Gasteiger partial charge in [0, 0.05) is 34.6 Å². The molecule has 0 saturated heterocycles. The van der Waals surface area contributed by atoms with Crippen molar-refractivity contribution in [1.29, 1.82) is 0 Å². The van der Waals surface area contributed by atoms with Crippen molar-refractivity contribution in [1.82, 2.24) is 5.32 Å². The zero-order valence-electron chi connectivity index (χ0n) is 12.9. The van der Waals surface area contributed by atoms with Crippen molar-refractivity contribution in [3.8, 4) is 0 Å². The van der Waals surface area contributed by atoms with Gasteiger partial charge in [-0.1, -0.05) is 42.1 Å². The first-order valence-electron chi connectivity index (χ1n) is 7.85. The lowest BCUT2D eigenvalue weighted by atomic mass is 9.92. The van der Waals surface area contributed by atoms with Crippen LogP contribution in [-0.2, 0) is 16.1 Å². The zero-order chi connectivity index (χ0) is 15.9. The van der Waals surface area contributed by atoms with E-state index in [0.717, 1.165) is 18.4 Å². The monoisotopic (exact) mass is 343 g/mol. The van der Waals surface area contributed by atoms with E-state index in [9.17, 15) is 4.79 Å². The van der Waals surface area contributed by atoms with E-state index in [4.69, 9.17) is 27.9 Å². The maximum atomic E-state index is 11.1. The average molecular weight is 344 g/mol. The summed E-state index contributed by atoms with van der Waals surface area (Å²) >= 11 is 12.4. The lowest BCUT2D eigenvalue weighted by molar-refractivity contribution is -0.117. The van der Waals surface area contributed by atoms with E-state index in [1.54, 1.807) is 6.92 Å². The van der Waals surface area contributed by atoms with Crippen molar-refractivity contribution >= 4 is 29.0 Å². The van der Waals surface area contributed by atoms with Crippen LogP contribution < -0.4 is 5.32 Å². The van der Waals surface area contributed by atoms with Crippen molar-refractivity contribution in [2.75, 3.05) is 6.54 Å². The highest BCUT2D eigenvalue weighted by Crippen LogP contribution is 2.28. The number of ether oxygens (including phenoxy) is 1. The van der Waals surface area contributed by atoms with Crippen LogP contribution >= 0.6 is 23.2 Å². The number of hydrogen-bond donors (Lipinski definition) is 1. The molecular weight excluding hydrogens is 321 g/mol. The van der Waals surface area contributed by atoms with Crippen LogP contribution in [0, 0.1) is 0 Å². The molecule has 0 amide bonds. The molecule has 0 radical (unpaired) electrons. The molecule has 0 bridgehead atoms. The van der Waals surface area contributed by atoms with Crippen LogP contribution in [-0.4, -0.2) is 24.5 Å². The minimum absolute atomic E-state index is 0.146. The van der Waals surface area contributed by atoms with Crippen LogP contribution in [0.2, 0.25) is 10.0 Å². The van der Waals surface area contributed by atoms with Gasteiger partial charge < -0.3 is 10.1 Å². The van der Waals surface area contributed by atoms with E-state index in [2.05, 4.69) is 5.32 Å². The summed E-state index contributed by atoms with van der Waals surface area (Å²) in [6.07, 6.45) is 5.20. The normalized spacial score (nSPS) is 21.8. The van der Waals surface area contributed by atoms with Crippen LogP contribution in [0.25, 0.3) is 0 Å². The summed E-state index contributed by atoms with van der Waals surface area (Å²) in [5, 5.41) is 4.74. The SMILES string of the molecule is CC(=O)CCN[C@@H]1CCCCC1OCc1c(Cl)cccc1Cl. The predicted molar refractivity (Wildman–Crippen MR) is 90.6 cm³/mol. The van der Waals surface area contributed by atoms with Gasteiger partial charge >= 0.3 is 0 Å². The Morgan fingerprint density at radius 3 is 2.64 bits per heavy atom. The van der Waals surface area contributed by atoms with Gasteiger partial charge in [-0.25, -0.2) is 0 Å². The highest BCUT2D eigenvalue weighted by molar-refractivity contribution is 6.35. The van der Waals surface area contributed by atoms with E-state index >= 15 is 0 Å². The fourth-order valence-corrected chi connectivity index (χ4v) is 3.33. The van der Waals surface area contributed by atoms with Gasteiger partial charge in [-0.3, -0.25) is 4.79 Å². The first-order valence-corrected chi connectivity index (χ1v) is 8.61. The summed E-state index contributed by atoms with van der Waals surface area (Å²) in [7, 11) is 0. The van der Waals surface area contributed by atoms with Gasteiger partial charge in [0.1, 0.15) is 5.78 Å². The largest absolute Gasteiger partial charge is 0.372 e. The second-order valence-corrected chi connectivity index (χ2v) is 6.66. The van der Waals surface area contributed by atoms with Gasteiger partial charge in [-0.2, -0.15) is 0 Å². The molecule has 1 unspecified atom stereocenters. The van der Waals surface area contributed by atoms with Gasteiger partial charge in [0.05, 0.1) is 12.7 Å². The molecule has 22 heavy (non-hydrogen) atoms. The second kappa shape index (κ2) is 8.88. The third-order valence-electron chi connectivity index (χ3n) is 4.09. The smallest absolute Gasteiger partial charge is 0.131 e. The van der Waals surface area contributed by atoms with Crippen LogP contribution in [0.3, 0.4) is 0 Å². The second-order valence-electron chi connectivity index (χ2n) is 5.85. The predicted octanol–water partition coefficient (Wildman–Crippen LogP) is 4.39. The van der Waals surface area contributed by atoms with Gasteiger partial charge in [-0.05, 0) is 31.9 Å². The van der Waals surface area contributed by atoms with E-state index in [1.807, 2.05) is 18.2 Å². The quantitative estimate of drug-likeness (QED) is 0.797. The molecule has 1 fully saturated rings. The van der Waals surface area contributed by atoms with Gasteiger partial charge in [0.15, 0.2) is 0 Å². The third-order valence-corrected chi connectivity index (χ3v) is 4.80. The Balaban J connectivity index is 1.89. The zero-order valence-corrected chi connectivity index (χ0v) is 14.4. The average Bonchev–Trinajstić information content (AvgIpc) is 2.48. The Bertz CT molecular complexity index is 487. The minimum atomic E-state index is 0.146. The Hall–Kier alpha value is -0.610. The number of carbonyl (C=O) groups excluding carboxylic acids is 1. The molecule has 5 heteroatoms.